The van der Waals surface area contributed by atoms with Crippen molar-refractivity contribution < 1.29 is 19.0 Å². The van der Waals surface area contributed by atoms with Crippen LogP contribution in [0.5, 0.6) is 5.75 Å². The van der Waals surface area contributed by atoms with Gasteiger partial charge in [0.1, 0.15) is 11.6 Å². The molecule has 1 aromatic rings. The number of hydrogen-bond donors (Lipinski definition) is 1. The van der Waals surface area contributed by atoms with Crippen LogP contribution < -0.4 is 4.74 Å². The Labute approximate surface area is 94.8 Å². The molecule has 1 aromatic carbocycles. The molecule has 0 amide bonds. The Kier molecular flexibility index (Phi) is 4.26. The van der Waals surface area contributed by atoms with Crippen molar-refractivity contribution in [3.8, 4) is 5.75 Å². The molecule has 0 aliphatic rings. The van der Waals surface area contributed by atoms with Crippen molar-refractivity contribution in [2.75, 3.05) is 13.7 Å². The van der Waals surface area contributed by atoms with Gasteiger partial charge in [0.25, 0.3) is 0 Å². The smallest absolute Gasteiger partial charge is 0.162 e. The zero-order chi connectivity index (χ0) is 12.2. The van der Waals surface area contributed by atoms with Crippen LogP contribution in [0, 0.1) is 11.2 Å². The molecule has 3 nitrogen and oxygen atoms in total. The third-order valence-corrected chi connectivity index (χ3v) is 2.32. The number of aliphatic hydroxyl groups is 1. The van der Waals surface area contributed by atoms with Gasteiger partial charge in [0, 0.05) is 12.5 Å². The Bertz CT molecular complexity index is 322. The summed E-state index contributed by atoms with van der Waals surface area (Å²) in [5, 5.41) is 9.55. The number of halogens is 1. The number of aliphatic hydroxyl groups excluding tert-OH is 1. The second-order valence-electron chi connectivity index (χ2n) is 4.32. The van der Waals surface area contributed by atoms with E-state index in [0.717, 1.165) is 0 Å². The Balaban J connectivity index is 2.54. The van der Waals surface area contributed by atoms with Gasteiger partial charge in [-0.1, -0.05) is 13.8 Å². The zero-order valence-electron chi connectivity index (χ0n) is 9.74. The number of ether oxygens (including phenoxy) is 2. The lowest BCUT2D eigenvalue weighted by atomic mass is 9.94. The number of hydrogen-bond acceptors (Lipinski definition) is 3. The summed E-state index contributed by atoms with van der Waals surface area (Å²) in [4.78, 5) is 0. The van der Waals surface area contributed by atoms with Crippen molar-refractivity contribution in [3.63, 3.8) is 0 Å². The standard InChI is InChI=1S/C12H17FO3/c1-12(2,11(14)15-3)8-16-10-6-4-9(13)5-7-10/h4-7,11,14H,8H2,1-3H3. The highest BCUT2D eigenvalue weighted by Crippen LogP contribution is 2.23. The molecule has 0 aliphatic heterocycles. The second kappa shape index (κ2) is 5.27. The van der Waals surface area contributed by atoms with E-state index in [1.165, 1.54) is 19.2 Å². The molecule has 1 rings (SSSR count). The maximum absolute atomic E-state index is 12.6. The van der Waals surface area contributed by atoms with Crippen LogP contribution in [0.1, 0.15) is 13.8 Å². The molecular formula is C12H17FO3. The molecular weight excluding hydrogens is 211 g/mol. The minimum absolute atomic E-state index is 0.285. The fourth-order valence-electron chi connectivity index (χ4n) is 1.19. The number of methoxy groups -OCH3 is 1. The summed E-state index contributed by atoms with van der Waals surface area (Å²) < 4.78 is 22.9. The van der Waals surface area contributed by atoms with E-state index >= 15 is 0 Å². The van der Waals surface area contributed by atoms with Gasteiger partial charge in [-0.15, -0.1) is 0 Å². The number of rotatable bonds is 5. The first kappa shape index (κ1) is 12.9. The van der Waals surface area contributed by atoms with Crippen molar-refractivity contribution >= 4 is 0 Å². The topological polar surface area (TPSA) is 38.7 Å². The molecule has 0 aromatic heterocycles. The fourth-order valence-corrected chi connectivity index (χ4v) is 1.19. The van der Waals surface area contributed by atoms with Gasteiger partial charge in [-0.05, 0) is 24.3 Å². The Hall–Kier alpha value is -1.13. The third kappa shape index (κ3) is 3.47. The molecule has 1 N–H and O–H groups in total. The highest BCUT2D eigenvalue weighted by Gasteiger charge is 2.28. The molecule has 90 valence electrons. The first-order chi connectivity index (χ1) is 7.45. The first-order valence-corrected chi connectivity index (χ1v) is 5.05. The molecule has 4 heteroatoms. The summed E-state index contributed by atoms with van der Waals surface area (Å²) in [6.45, 7) is 3.93. The van der Waals surface area contributed by atoms with Gasteiger partial charge in [0.05, 0.1) is 6.61 Å². The minimum atomic E-state index is -0.895. The molecule has 0 aliphatic carbocycles. The molecule has 0 heterocycles. The quantitative estimate of drug-likeness (QED) is 0.785. The third-order valence-electron chi connectivity index (χ3n) is 2.32. The largest absolute Gasteiger partial charge is 0.493 e. The van der Waals surface area contributed by atoms with Crippen molar-refractivity contribution in [1.82, 2.24) is 0 Å². The molecule has 0 fully saturated rings. The Morgan fingerprint density at radius 2 is 1.88 bits per heavy atom. The van der Waals surface area contributed by atoms with Crippen LogP contribution in [0.4, 0.5) is 4.39 Å². The van der Waals surface area contributed by atoms with E-state index in [9.17, 15) is 9.50 Å². The average Bonchev–Trinajstić information content (AvgIpc) is 2.27. The van der Waals surface area contributed by atoms with Crippen LogP contribution in [-0.2, 0) is 4.74 Å². The van der Waals surface area contributed by atoms with Crippen LogP contribution in [0.25, 0.3) is 0 Å². The van der Waals surface area contributed by atoms with E-state index < -0.39 is 11.7 Å². The molecule has 0 saturated heterocycles. The molecule has 0 bridgehead atoms. The zero-order valence-corrected chi connectivity index (χ0v) is 9.74. The van der Waals surface area contributed by atoms with Crippen molar-refractivity contribution in [1.29, 1.82) is 0 Å². The monoisotopic (exact) mass is 228 g/mol. The van der Waals surface area contributed by atoms with Gasteiger partial charge in [-0.3, -0.25) is 0 Å². The maximum atomic E-state index is 12.6. The summed E-state index contributed by atoms with van der Waals surface area (Å²) in [5.41, 5.74) is -0.525. The SMILES string of the molecule is COC(O)C(C)(C)COc1ccc(F)cc1. The summed E-state index contributed by atoms with van der Waals surface area (Å²) in [7, 11) is 1.43. The lowest BCUT2D eigenvalue weighted by Crippen LogP contribution is -2.36. The Morgan fingerprint density at radius 1 is 1.31 bits per heavy atom. The van der Waals surface area contributed by atoms with Crippen molar-refractivity contribution in [2.24, 2.45) is 5.41 Å². The fraction of sp³-hybridized carbons (Fsp3) is 0.500. The van der Waals surface area contributed by atoms with Crippen LogP contribution >= 0.6 is 0 Å². The molecule has 0 saturated carbocycles. The van der Waals surface area contributed by atoms with Crippen molar-refractivity contribution in [3.05, 3.63) is 30.1 Å². The number of benzene rings is 1. The van der Waals surface area contributed by atoms with E-state index in [1.807, 2.05) is 13.8 Å². The summed E-state index contributed by atoms with van der Waals surface area (Å²) in [6.07, 6.45) is -0.895. The lowest BCUT2D eigenvalue weighted by molar-refractivity contribution is -0.155. The van der Waals surface area contributed by atoms with Crippen LogP contribution in [0.3, 0.4) is 0 Å². The van der Waals surface area contributed by atoms with Crippen LogP contribution in [-0.4, -0.2) is 25.1 Å². The van der Waals surface area contributed by atoms with E-state index in [0.29, 0.717) is 5.75 Å². The molecule has 0 spiro atoms. The van der Waals surface area contributed by atoms with Crippen LogP contribution in [0.2, 0.25) is 0 Å². The van der Waals surface area contributed by atoms with E-state index in [4.69, 9.17) is 9.47 Å². The van der Waals surface area contributed by atoms with Gasteiger partial charge in [0.15, 0.2) is 6.29 Å². The maximum Gasteiger partial charge on any atom is 0.162 e. The Morgan fingerprint density at radius 3 is 2.38 bits per heavy atom. The van der Waals surface area contributed by atoms with Gasteiger partial charge in [-0.2, -0.15) is 0 Å². The molecule has 16 heavy (non-hydrogen) atoms. The van der Waals surface area contributed by atoms with Crippen molar-refractivity contribution in [2.45, 2.75) is 20.1 Å². The van der Waals surface area contributed by atoms with Gasteiger partial charge >= 0.3 is 0 Å². The second-order valence-corrected chi connectivity index (χ2v) is 4.32. The van der Waals surface area contributed by atoms with Crippen LogP contribution in [0.15, 0.2) is 24.3 Å². The van der Waals surface area contributed by atoms with E-state index in [-0.39, 0.29) is 12.4 Å². The summed E-state index contributed by atoms with van der Waals surface area (Å²) >= 11 is 0. The summed E-state index contributed by atoms with van der Waals surface area (Å²) in [5.74, 6) is 0.265. The first-order valence-electron chi connectivity index (χ1n) is 5.05. The minimum Gasteiger partial charge on any atom is -0.493 e. The predicted octanol–water partition coefficient (Wildman–Crippen LogP) is 2.20. The van der Waals surface area contributed by atoms with Gasteiger partial charge < -0.3 is 14.6 Å². The molecule has 1 atom stereocenters. The lowest BCUT2D eigenvalue weighted by Gasteiger charge is -2.28. The van der Waals surface area contributed by atoms with Gasteiger partial charge in [0.2, 0.25) is 0 Å². The highest BCUT2D eigenvalue weighted by atomic mass is 19.1. The molecule has 0 radical (unpaired) electrons. The predicted molar refractivity (Wildman–Crippen MR) is 58.7 cm³/mol. The van der Waals surface area contributed by atoms with E-state index in [2.05, 4.69) is 0 Å². The average molecular weight is 228 g/mol. The normalized spacial score (nSPS) is 13.6. The van der Waals surface area contributed by atoms with Gasteiger partial charge in [-0.25, -0.2) is 4.39 Å². The summed E-state index contributed by atoms with van der Waals surface area (Å²) in [6, 6.07) is 5.75. The van der Waals surface area contributed by atoms with E-state index in [1.54, 1.807) is 12.1 Å². The highest BCUT2D eigenvalue weighted by molar-refractivity contribution is 5.22. The molecule has 1 unspecified atom stereocenters.